The molecule has 1 amide bonds. The molecule has 0 bridgehead atoms. The van der Waals surface area contributed by atoms with E-state index in [0.29, 0.717) is 11.7 Å². The van der Waals surface area contributed by atoms with Gasteiger partial charge in [-0.3, -0.25) is 14.5 Å². The molecule has 1 aromatic carbocycles. The average molecular weight is 398 g/mol. The summed E-state index contributed by atoms with van der Waals surface area (Å²) < 4.78 is 1.91. The first kappa shape index (κ1) is 20.0. The number of benzene rings is 1. The number of rotatable bonds is 5. The number of amides is 1. The molecule has 2 aromatic heterocycles. The molecule has 0 radical (unpaired) electrons. The van der Waals surface area contributed by atoms with E-state index in [4.69, 9.17) is 0 Å². The molecule has 0 aliphatic carbocycles. The molecule has 1 fully saturated rings. The van der Waals surface area contributed by atoms with E-state index >= 15 is 0 Å². The number of aromatic nitrogens is 3. The molecule has 2 unspecified atom stereocenters. The molecule has 1 saturated heterocycles. The Morgan fingerprint density at radius 2 is 1.86 bits per heavy atom. The maximum Gasteiger partial charge on any atom is 0.272 e. The van der Waals surface area contributed by atoms with Gasteiger partial charge in [-0.25, -0.2) is 0 Å². The van der Waals surface area contributed by atoms with Gasteiger partial charge in [0.15, 0.2) is 0 Å². The molecule has 1 aliphatic heterocycles. The Kier molecular flexibility index (Phi) is 6.79. The number of hydrogen-bond acceptors (Lipinski definition) is 4. The third kappa shape index (κ3) is 4.58. The van der Waals surface area contributed by atoms with E-state index in [9.17, 15) is 4.79 Å². The standard InChI is InChI=1S/C21H23N5O.ClH/c27-21(19-10-14-26(25-19)18-7-4-11-23-15-18)24-20(16-5-2-1-3-6-16)17-8-12-22-13-9-17;/h1-3,5-6,8-10,12-14,18,20,23H,4,7,11,15H2,(H,24,27);1H. The molecule has 146 valence electrons. The molecule has 3 heterocycles. The maximum atomic E-state index is 12.9. The van der Waals surface area contributed by atoms with Crippen molar-refractivity contribution in [1.29, 1.82) is 0 Å². The summed E-state index contributed by atoms with van der Waals surface area (Å²) in [7, 11) is 0. The van der Waals surface area contributed by atoms with Gasteiger partial charge in [0.25, 0.3) is 5.91 Å². The highest BCUT2D eigenvalue weighted by atomic mass is 35.5. The Balaban J connectivity index is 0.00000225. The minimum absolute atomic E-state index is 0. The quantitative estimate of drug-likeness (QED) is 0.693. The van der Waals surface area contributed by atoms with Crippen molar-refractivity contribution in [2.75, 3.05) is 13.1 Å². The third-order valence-electron chi connectivity index (χ3n) is 4.93. The SMILES string of the molecule is Cl.O=C(NC(c1ccccc1)c1ccncc1)c1ccn(C2CCCNC2)n1. The zero-order chi connectivity index (χ0) is 18.5. The summed E-state index contributed by atoms with van der Waals surface area (Å²) >= 11 is 0. The second-order valence-corrected chi connectivity index (χ2v) is 6.78. The zero-order valence-electron chi connectivity index (χ0n) is 15.5. The van der Waals surface area contributed by atoms with Crippen molar-refractivity contribution in [2.45, 2.75) is 24.9 Å². The van der Waals surface area contributed by atoms with Crippen molar-refractivity contribution in [2.24, 2.45) is 0 Å². The van der Waals surface area contributed by atoms with Crippen molar-refractivity contribution in [1.82, 2.24) is 25.4 Å². The highest BCUT2D eigenvalue weighted by Crippen LogP contribution is 2.22. The molecule has 28 heavy (non-hydrogen) atoms. The first-order valence-corrected chi connectivity index (χ1v) is 9.33. The zero-order valence-corrected chi connectivity index (χ0v) is 16.3. The number of hydrogen-bond donors (Lipinski definition) is 2. The van der Waals surface area contributed by atoms with E-state index in [1.165, 1.54) is 0 Å². The smallest absolute Gasteiger partial charge is 0.272 e. The van der Waals surface area contributed by atoms with Crippen LogP contribution in [0.1, 0.15) is 46.5 Å². The van der Waals surface area contributed by atoms with Gasteiger partial charge in [-0.05, 0) is 48.7 Å². The fourth-order valence-corrected chi connectivity index (χ4v) is 3.49. The van der Waals surface area contributed by atoms with Gasteiger partial charge in [0.05, 0.1) is 12.1 Å². The van der Waals surface area contributed by atoms with E-state index in [0.717, 1.165) is 37.1 Å². The van der Waals surface area contributed by atoms with Crippen LogP contribution in [0.15, 0.2) is 67.1 Å². The molecule has 7 heteroatoms. The van der Waals surface area contributed by atoms with E-state index < -0.39 is 0 Å². The van der Waals surface area contributed by atoms with Gasteiger partial charge < -0.3 is 10.6 Å². The predicted molar refractivity (Wildman–Crippen MR) is 111 cm³/mol. The fourth-order valence-electron chi connectivity index (χ4n) is 3.49. The number of halogens is 1. The Bertz CT molecular complexity index is 839. The lowest BCUT2D eigenvalue weighted by Crippen LogP contribution is -2.32. The molecular weight excluding hydrogens is 374 g/mol. The van der Waals surface area contributed by atoms with Gasteiger partial charge in [-0.2, -0.15) is 5.10 Å². The van der Waals surface area contributed by atoms with E-state index in [-0.39, 0.29) is 24.4 Å². The third-order valence-corrected chi connectivity index (χ3v) is 4.93. The van der Waals surface area contributed by atoms with Gasteiger partial charge in [0.1, 0.15) is 5.69 Å². The Morgan fingerprint density at radius 3 is 2.57 bits per heavy atom. The van der Waals surface area contributed by atoms with Crippen molar-refractivity contribution in [3.63, 3.8) is 0 Å². The van der Waals surface area contributed by atoms with Crippen molar-refractivity contribution < 1.29 is 4.79 Å². The molecule has 1 aliphatic rings. The summed E-state index contributed by atoms with van der Waals surface area (Å²) in [6.45, 7) is 1.95. The topological polar surface area (TPSA) is 71.8 Å². The van der Waals surface area contributed by atoms with Crippen molar-refractivity contribution in [3.05, 3.63) is 83.9 Å². The molecule has 6 nitrogen and oxygen atoms in total. The van der Waals surface area contributed by atoms with Crippen LogP contribution in [0.5, 0.6) is 0 Å². The average Bonchev–Trinajstić information content (AvgIpc) is 3.24. The van der Waals surface area contributed by atoms with Crippen LogP contribution in [-0.2, 0) is 0 Å². The number of nitrogens with zero attached hydrogens (tertiary/aromatic N) is 3. The number of carbonyl (C=O) groups is 1. The maximum absolute atomic E-state index is 12.9. The summed E-state index contributed by atoms with van der Waals surface area (Å²) in [4.78, 5) is 17.0. The Morgan fingerprint density at radius 1 is 1.11 bits per heavy atom. The van der Waals surface area contributed by atoms with Gasteiger partial charge >= 0.3 is 0 Å². The lowest BCUT2D eigenvalue weighted by molar-refractivity contribution is 0.0936. The largest absolute Gasteiger partial charge is 0.340 e. The molecular formula is C21H24ClN5O. The van der Waals surface area contributed by atoms with Crippen LogP contribution < -0.4 is 10.6 Å². The molecule has 2 N–H and O–H groups in total. The summed E-state index contributed by atoms with van der Waals surface area (Å²) in [5.41, 5.74) is 2.45. The van der Waals surface area contributed by atoms with Crippen LogP contribution in [0.3, 0.4) is 0 Å². The fraction of sp³-hybridized carbons (Fsp3) is 0.286. The van der Waals surface area contributed by atoms with Gasteiger partial charge in [-0.1, -0.05) is 30.3 Å². The minimum atomic E-state index is -0.247. The highest BCUT2D eigenvalue weighted by molar-refractivity contribution is 5.92. The van der Waals surface area contributed by atoms with Crippen LogP contribution >= 0.6 is 12.4 Å². The van der Waals surface area contributed by atoms with Crippen LogP contribution in [0, 0.1) is 0 Å². The normalized spacial score (nSPS) is 17.4. The van der Waals surface area contributed by atoms with Gasteiger partial charge in [-0.15, -0.1) is 12.4 Å². The van der Waals surface area contributed by atoms with Gasteiger partial charge in [0, 0.05) is 25.1 Å². The monoisotopic (exact) mass is 397 g/mol. The number of piperidine rings is 1. The Labute approximate surface area is 170 Å². The second kappa shape index (κ2) is 9.48. The number of nitrogens with one attached hydrogen (secondary N) is 2. The van der Waals surface area contributed by atoms with Crippen LogP contribution in [-0.4, -0.2) is 33.8 Å². The lowest BCUT2D eigenvalue weighted by atomic mass is 9.99. The summed E-state index contributed by atoms with van der Waals surface area (Å²) in [6.07, 6.45) is 7.59. The summed E-state index contributed by atoms with van der Waals surface area (Å²) in [5, 5.41) is 11.0. The summed E-state index contributed by atoms with van der Waals surface area (Å²) in [6, 6.07) is 15.6. The van der Waals surface area contributed by atoms with Crippen molar-refractivity contribution >= 4 is 18.3 Å². The van der Waals surface area contributed by atoms with E-state index in [1.807, 2.05) is 53.3 Å². The number of pyridine rings is 1. The molecule has 4 rings (SSSR count). The molecule has 2 atom stereocenters. The molecule has 0 saturated carbocycles. The minimum Gasteiger partial charge on any atom is -0.340 e. The van der Waals surface area contributed by atoms with Crippen molar-refractivity contribution in [3.8, 4) is 0 Å². The second-order valence-electron chi connectivity index (χ2n) is 6.78. The predicted octanol–water partition coefficient (Wildman–Crippen LogP) is 3.14. The first-order valence-electron chi connectivity index (χ1n) is 9.33. The first-order chi connectivity index (χ1) is 13.3. The lowest BCUT2D eigenvalue weighted by Gasteiger charge is -2.23. The number of carbonyl (C=O) groups excluding carboxylic acids is 1. The molecule has 0 spiro atoms. The van der Waals surface area contributed by atoms with E-state index in [1.54, 1.807) is 18.5 Å². The summed E-state index contributed by atoms with van der Waals surface area (Å²) in [5.74, 6) is -0.178. The van der Waals surface area contributed by atoms with Crippen LogP contribution in [0.2, 0.25) is 0 Å². The highest BCUT2D eigenvalue weighted by Gasteiger charge is 2.21. The van der Waals surface area contributed by atoms with E-state index in [2.05, 4.69) is 20.7 Å². The van der Waals surface area contributed by atoms with Gasteiger partial charge in [0.2, 0.25) is 0 Å². The Hall–Kier alpha value is -2.70. The van der Waals surface area contributed by atoms with Crippen LogP contribution in [0.25, 0.3) is 0 Å². The molecule has 3 aromatic rings. The van der Waals surface area contributed by atoms with Crippen LogP contribution in [0.4, 0.5) is 0 Å².